The number of para-hydroxylation sites is 1. The van der Waals surface area contributed by atoms with Crippen LogP contribution in [0.4, 0.5) is 0 Å². The molecule has 2 saturated carbocycles. The molecule has 3 aromatic rings. The minimum atomic E-state index is -1.97. The summed E-state index contributed by atoms with van der Waals surface area (Å²) in [7, 11) is 0. The second kappa shape index (κ2) is 19.5. The van der Waals surface area contributed by atoms with Gasteiger partial charge in [0.1, 0.15) is 29.8 Å². The summed E-state index contributed by atoms with van der Waals surface area (Å²) < 4.78 is 6.29. The Kier molecular flexibility index (Phi) is 15.1. The molecule has 1 unspecified atom stereocenters. The van der Waals surface area contributed by atoms with Gasteiger partial charge in [-0.25, -0.2) is 0 Å². The SMILES string of the molecule is CC(=O)CCCCCN(CCCC(C)c1ccc(Cl)c(CCC2(c3cnccc3-c3ccccc3OC3CC3)CC2)c1)C(=O)[C@@H](O)[C@@H](O)[C@H](O)[C@@H](O)CO. The van der Waals surface area contributed by atoms with Crippen molar-refractivity contribution < 1.29 is 39.9 Å². The Bertz CT molecular complexity index is 1700. The number of hydrogen-bond donors (Lipinski definition) is 5. The van der Waals surface area contributed by atoms with Crippen LogP contribution in [0.15, 0.2) is 60.9 Å². The number of nitrogens with zero attached hydrogens (tertiary/aromatic N) is 2. The first-order valence-corrected chi connectivity index (χ1v) is 19.9. The van der Waals surface area contributed by atoms with Gasteiger partial charge >= 0.3 is 0 Å². The van der Waals surface area contributed by atoms with E-state index in [2.05, 4.69) is 42.2 Å². The summed E-state index contributed by atoms with van der Waals surface area (Å²) in [6.07, 6.45) is 6.59. The second-order valence-electron chi connectivity index (χ2n) is 15.4. The lowest BCUT2D eigenvalue weighted by atomic mass is 9.84. The van der Waals surface area contributed by atoms with Crippen molar-refractivity contribution in [1.82, 2.24) is 9.88 Å². The van der Waals surface area contributed by atoms with Crippen molar-refractivity contribution in [3.8, 4) is 16.9 Å². The Morgan fingerprint density at radius 2 is 1.70 bits per heavy atom. The van der Waals surface area contributed by atoms with Crippen molar-refractivity contribution >= 4 is 23.3 Å². The molecule has 5 rings (SSSR count). The molecule has 2 aliphatic rings. The van der Waals surface area contributed by atoms with Crippen LogP contribution in [0.25, 0.3) is 11.1 Å². The molecule has 5 atom stereocenters. The lowest BCUT2D eigenvalue weighted by Crippen LogP contribution is -2.53. The van der Waals surface area contributed by atoms with E-state index >= 15 is 0 Å². The summed E-state index contributed by atoms with van der Waals surface area (Å²) in [6.45, 7) is 3.46. The van der Waals surface area contributed by atoms with Crippen LogP contribution in [-0.2, 0) is 21.4 Å². The largest absolute Gasteiger partial charge is 0.490 e. The van der Waals surface area contributed by atoms with Crippen LogP contribution in [0.1, 0.15) is 107 Å². The fourth-order valence-electron chi connectivity index (χ4n) is 7.28. The molecule has 1 heterocycles. The molecule has 11 heteroatoms. The summed E-state index contributed by atoms with van der Waals surface area (Å²) in [5.74, 6) is 0.413. The van der Waals surface area contributed by atoms with E-state index in [9.17, 15) is 30.0 Å². The van der Waals surface area contributed by atoms with Crippen molar-refractivity contribution in [3.63, 3.8) is 0 Å². The molecule has 0 radical (unpaired) electrons. The monoisotopic (exact) mass is 764 g/mol. The van der Waals surface area contributed by atoms with Gasteiger partial charge in [0.05, 0.1) is 12.7 Å². The van der Waals surface area contributed by atoms with Gasteiger partial charge in [-0.3, -0.25) is 9.78 Å². The van der Waals surface area contributed by atoms with Gasteiger partial charge in [0.2, 0.25) is 0 Å². The molecule has 294 valence electrons. The highest BCUT2D eigenvalue weighted by molar-refractivity contribution is 6.31. The van der Waals surface area contributed by atoms with Crippen LogP contribution in [0.5, 0.6) is 5.75 Å². The van der Waals surface area contributed by atoms with Gasteiger partial charge in [0, 0.05) is 42.5 Å². The molecule has 2 fully saturated rings. The smallest absolute Gasteiger partial charge is 0.254 e. The summed E-state index contributed by atoms with van der Waals surface area (Å²) in [4.78, 5) is 30.7. The van der Waals surface area contributed by atoms with Gasteiger partial charge in [-0.1, -0.05) is 55.3 Å². The first kappa shape index (κ1) is 41.8. The number of hydrogen-bond acceptors (Lipinski definition) is 9. The maximum atomic E-state index is 13.3. The zero-order valence-electron chi connectivity index (χ0n) is 31.6. The molecule has 0 bridgehead atoms. The number of amides is 1. The molecule has 54 heavy (non-hydrogen) atoms. The van der Waals surface area contributed by atoms with Crippen LogP contribution in [0.2, 0.25) is 5.02 Å². The molecule has 5 N–H and O–H groups in total. The molecular formula is C43H57ClN2O8. The van der Waals surface area contributed by atoms with Crippen molar-refractivity contribution in [3.05, 3.63) is 82.6 Å². The number of ketones is 1. The van der Waals surface area contributed by atoms with E-state index in [0.29, 0.717) is 51.3 Å². The third kappa shape index (κ3) is 11.1. The van der Waals surface area contributed by atoms with Gasteiger partial charge in [-0.2, -0.15) is 0 Å². The van der Waals surface area contributed by atoms with Crippen LogP contribution < -0.4 is 4.74 Å². The van der Waals surface area contributed by atoms with E-state index in [-0.39, 0.29) is 17.1 Å². The van der Waals surface area contributed by atoms with E-state index < -0.39 is 36.9 Å². The Morgan fingerprint density at radius 3 is 2.41 bits per heavy atom. The third-order valence-corrected chi connectivity index (χ3v) is 11.5. The van der Waals surface area contributed by atoms with Crippen LogP contribution in [-0.4, -0.2) is 97.3 Å². The average molecular weight is 765 g/mol. The third-order valence-electron chi connectivity index (χ3n) is 11.1. The number of aryl methyl sites for hydroxylation is 1. The highest BCUT2D eigenvalue weighted by atomic mass is 35.5. The minimum absolute atomic E-state index is 0.0215. The van der Waals surface area contributed by atoms with E-state index in [1.165, 1.54) is 16.0 Å². The van der Waals surface area contributed by atoms with Crippen molar-refractivity contribution in [2.45, 2.75) is 133 Å². The highest BCUT2D eigenvalue weighted by Gasteiger charge is 2.45. The number of aliphatic hydroxyl groups excluding tert-OH is 5. The number of ether oxygens (including phenoxy) is 1. The standard InChI is InChI=1S/C43H57ClN2O8/c1-28(9-8-24-46(23-7-3-4-10-29(2)48)42(53)41(52)40(51)39(50)37(49)27-47)30-13-16-36(44)31(25-30)17-19-43(20-21-43)35-26-45-22-18-33(35)34-11-5-6-12-38(34)54-32-14-15-32/h5-6,11-13,16,18,22,25-26,28,32,37,39-41,47,49-52H,3-4,7-10,14-15,17,19-21,23-24,27H2,1-2H3/t28?,37-,39+,40-,41-/m0/s1. The van der Waals surface area contributed by atoms with E-state index in [0.717, 1.165) is 72.4 Å². The second-order valence-corrected chi connectivity index (χ2v) is 15.8. The number of Topliss-reactive ketones (excluding diaryl/α,β-unsaturated/α-hetero) is 1. The Labute approximate surface area is 324 Å². The van der Waals surface area contributed by atoms with E-state index in [1.807, 2.05) is 30.6 Å². The maximum absolute atomic E-state index is 13.3. The molecule has 2 aromatic carbocycles. The Balaban J connectivity index is 1.21. The highest BCUT2D eigenvalue weighted by Crippen LogP contribution is 2.55. The number of carbonyl (C=O) groups is 2. The molecule has 2 aliphatic carbocycles. The van der Waals surface area contributed by atoms with E-state index in [1.54, 1.807) is 6.92 Å². The van der Waals surface area contributed by atoms with Crippen molar-refractivity contribution in [2.75, 3.05) is 19.7 Å². The predicted octanol–water partition coefficient (Wildman–Crippen LogP) is 5.91. The molecule has 10 nitrogen and oxygen atoms in total. The summed E-state index contributed by atoms with van der Waals surface area (Å²) in [6, 6.07) is 16.6. The molecule has 0 saturated heterocycles. The van der Waals surface area contributed by atoms with E-state index in [4.69, 9.17) is 21.4 Å². The first-order valence-electron chi connectivity index (χ1n) is 19.5. The molecular weight excluding hydrogens is 708 g/mol. The number of aromatic nitrogens is 1. The fourth-order valence-corrected chi connectivity index (χ4v) is 7.49. The summed E-state index contributed by atoms with van der Waals surface area (Å²) in [5, 5.41) is 50.7. The normalized spacial score (nSPS) is 17.6. The topological polar surface area (TPSA) is 161 Å². The van der Waals surface area contributed by atoms with Crippen molar-refractivity contribution in [1.29, 1.82) is 0 Å². The predicted molar refractivity (Wildman–Crippen MR) is 208 cm³/mol. The fraction of sp³-hybridized carbons (Fsp3) is 0.558. The zero-order valence-corrected chi connectivity index (χ0v) is 32.3. The molecule has 1 aromatic heterocycles. The molecule has 1 amide bonds. The number of carbonyl (C=O) groups excluding carboxylic acids is 2. The maximum Gasteiger partial charge on any atom is 0.254 e. The van der Waals surface area contributed by atoms with Crippen LogP contribution >= 0.6 is 11.6 Å². The number of halogens is 1. The average Bonchev–Trinajstić information content (AvgIpc) is 4.13. The van der Waals surface area contributed by atoms with Crippen molar-refractivity contribution in [2.24, 2.45) is 0 Å². The minimum Gasteiger partial charge on any atom is -0.490 e. The van der Waals surface area contributed by atoms with Gasteiger partial charge < -0.3 is 40.0 Å². The summed E-state index contributed by atoms with van der Waals surface area (Å²) >= 11 is 6.79. The lowest BCUT2D eigenvalue weighted by molar-refractivity contribution is -0.158. The number of pyridine rings is 1. The van der Waals surface area contributed by atoms with Gasteiger partial charge in [-0.05, 0) is 123 Å². The lowest BCUT2D eigenvalue weighted by Gasteiger charge is -2.30. The first-order chi connectivity index (χ1) is 25.9. The Hall–Kier alpha value is -3.38. The van der Waals surface area contributed by atoms with Gasteiger partial charge in [-0.15, -0.1) is 0 Å². The number of benzene rings is 2. The number of unbranched alkanes of at least 4 members (excludes halogenated alkanes) is 2. The zero-order chi connectivity index (χ0) is 38.8. The van der Waals surface area contributed by atoms with Crippen LogP contribution in [0, 0.1) is 0 Å². The number of rotatable bonds is 23. The summed E-state index contributed by atoms with van der Waals surface area (Å²) in [5.41, 5.74) is 5.81. The Morgan fingerprint density at radius 1 is 0.963 bits per heavy atom. The quantitative estimate of drug-likeness (QED) is 0.0741. The van der Waals surface area contributed by atoms with Gasteiger partial charge in [0.25, 0.3) is 5.91 Å². The van der Waals surface area contributed by atoms with Gasteiger partial charge in [0.15, 0.2) is 6.10 Å². The molecule has 0 aliphatic heterocycles. The number of aliphatic hydroxyl groups is 5. The molecule has 0 spiro atoms. The van der Waals surface area contributed by atoms with Crippen LogP contribution in [0.3, 0.4) is 0 Å².